The van der Waals surface area contributed by atoms with Gasteiger partial charge in [0.1, 0.15) is 0 Å². The molecule has 1 N–H and O–H groups in total. The second-order valence-electron chi connectivity index (χ2n) is 5.22. The van der Waals surface area contributed by atoms with Gasteiger partial charge in [0.25, 0.3) is 0 Å². The largest absolute Gasteiger partial charge is 0.387 e. The summed E-state index contributed by atoms with van der Waals surface area (Å²) in [6.07, 6.45) is 1.58. The van der Waals surface area contributed by atoms with Crippen molar-refractivity contribution >= 4 is 23.2 Å². The lowest BCUT2D eigenvalue weighted by molar-refractivity contribution is 0.0647. The lowest BCUT2D eigenvalue weighted by Crippen LogP contribution is -2.24. The number of aliphatic hydroxyl groups excluding tert-OH is 1. The highest BCUT2D eigenvalue weighted by molar-refractivity contribution is 6.34. The number of hydrogen-bond donors (Lipinski definition) is 1. The zero-order valence-corrected chi connectivity index (χ0v) is 11.7. The standard InChI is InChI=1S/C14H15Cl2NO/c1-9-2-3-14(7-9,8-17)13(18)10-4-11(15)6-12(16)5-10/h4-6,9,13,18H,2-3,7H2,1H3. The SMILES string of the molecule is CC1CCC(C#N)(C(O)c2cc(Cl)cc(Cl)c2)C1. The van der Waals surface area contributed by atoms with Crippen LogP contribution in [0.15, 0.2) is 18.2 Å². The van der Waals surface area contributed by atoms with E-state index in [1.807, 2.05) is 0 Å². The van der Waals surface area contributed by atoms with Crippen molar-refractivity contribution in [2.45, 2.75) is 32.3 Å². The van der Waals surface area contributed by atoms with Crippen LogP contribution in [0, 0.1) is 22.7 Å². The number of rotatable bonds is 2. The van der Waals surface area contributed by atoms with Crippen LogP contribution in [0.2, 0.25) is 10.0 Å². The van der Waals surface area contributed by atoms with E-state index in [4.69, 9.17) is 23.2 Å². The summed E-state index contributed by atoms with van der Waals surface area (Å²) in [4.78, 5) is 0. The van der Waals surface area contributed by atoms with Gasteiger partial charge in [0, 0.05) is 10.0 Å². The van der Waals surface area contributed by atoms with Gasteiger partial charge < -0.3 is 5.11 Å². The van der Waals surface area contributed by atoms with E-state index >= 15 is 0 Å². The Hall–Kier alpha value is -0.750. The maximum atomic E-state index is 10.5. The van der Waals surface area contributed by atoms with Crippen molar-refractivity contribution < 1.29 is 5.11 Å². The number of benzene rings is 1. The first kappa shape index (κ1) is 13.7. The molecule has 2 rings (SSSR count). The smallest absolute Gasteiger partial charge is 0.0977 e. The van der Waals surface area contributed by atoms with E-state index in [0.29, 0.717) is 21.5 Å². The van der Waals surface area contributed by atoms with Gasteiger partial charge in [0.05, 0.1) is 17.6 Å². The van der Waals surface area contributed by atoms with Gasteiger partial charge >= 0.3 is 0 Å². The predicted molar refractivity (Wildman–Crippen MR) is 72.5 cm³/mol. The molecule has 0 heterocycles. The van der Waals surface area contributed by atoms with Gasteiger partial charge in [-0.2, -0.15) is 5.26 Å². The van der Waals surface area contributed by atoms with E-state index in [1.54, 1.807) is 18.2 Å². The van der Waals surface area contributed by atoms with E-state index in [9.17, 15) is 10.4 Å². The number of hydrogen-bond acceptors (Lipinski definition) is 2. The summed E-state index contributed by atoms with van der Waals surface area (Å²) in [5.41, 5.74) is -0.0730. The minimum absolute atomic E-state index is 0.467. The first-order valence-electron chi connectivity index (χ1n) is 6.02. The maximum absolute atomic E-state index is 10.5. The van der Waals surface area contributed by atoms with Crippen LogP contribution in [0.5, 0.6) is 0 Å². The minimum atomic E-state index is -0.830. The van der Waals surface area contributed by atoms with Gasteiger partial charge in [0.2, 0.25) is 0 Å². The Bertz CT molecular complexity index is 477. The van der Waals surface area contributed by atoms with Gasteiger partial charge in [0.15, 0.2) is 0 Å². The second-order valence-corrected chi connectivity index (χ2v) is 6.09. The summed E-state index contributed by atoms with van der Waals surface area (Å²) in [7, 11) is 0. The highest BCUT2D eigenvalue weighted by atomic mass is 35.5. The van der Waals surface area contributed by atoms with Crippen molar-refractivity contribution in [3.8, 4) is 6.07 Å². The third-order valence-electron chi connectivity index (χ3n) is 3.74. The molecule has 1 aromatic carbocycles. The molecule has 3 unspecified atom stereocenters. The van der Waals surface area contributed by atoms with Crippen LogP contribution in [-0.4, -0.2) is 5.11 Å². The second kappa shape index (κ2) is 5.09. The molecule has 1 aromatic rings. The molecule has 1 aliphatic carbocycles. The third-order valence-corrected chi connectivity index (χ3v) is 4.18. The first-order chi connectivity index (χ1) is 8.47. The molecule has 96 valence electrons. The van der Waals surface area contributed by atoms with Gasteiger partial charge in [-0.25, -0.2) is 0 Å². The summed E-state index contributed by atoms with van der Waals surface area (Å²) in [6.45, 7) is 2.11. The van der Waals surface area contributed by atoms with Gasteiger partial charge in [-0.3, -0.25) is 0 Å². The van der Waals surface area contributed by atoms with Gasteiger partial charge in [-0.05, 0) is 48.9 Å². The summed E-state index contributed by atoms with van der Waals surface area (Å²) < 4.78 is 0. The summed E-state index contributed by atoms with van der Waals surface area (Å²) in [5.74, 6) is 0.467. The zero-order valence-electron chi connectivity index (χ0n) is 10.2. The highest BCUT2D eigenvalue weighted by Crippen LogP contribution is 2.49. The Morgan fingerprint density at radius 2 is 2.00 bits per heavy atom. The van der Waals surface area contributed by atoms with Crippen molar-refractivity contribution in [3.05, 3.63) is 33.8 Å². The van der Waals surface area contributed by atoms with Crippen LogP contribution in [0.25, 0.3) is 0 Å². The fourth-order valence-electron chi connectivity index (χ4n) is 2.79. The van der Waals surface area contributed by atoms with Crippen LogP contribution >= 0.6 is 23.2 Å². The molecule has 3 atom stereocenters. The molecule has 0 radical (unpaired) electrons. The molecule has 0 aliphatic heterocycles. The molecule has 0 saturated heterocycles. The summed E-state index contributed by atoms with van der Waals surface area (Å²) >= 11 is 11.9. The van der Waals surface area contributed by atoms with Crippen LogP contribution < -0.4 is 0 Å². The summed E-state index contributed by atoms with van der Waals surface area (Å²) in [5, 5.41) is 20.9. The Morgan fingerprint density at radius 3 is 2.44 bits per heavy atom. The van der Waals surface area contributed by atoms with Crippen LogP contribution in [0.4, 0.5) is 0 Å². The van der Waals surface area contributed by atoms with Crippen LogP contribution in [0.3, 0.4) is 0 Å². The summed E-state index contributed by atoms with van der Waals surface area (Å²) in [6, 6.07) is 7.29. The molecular weight excluding hydrogens is 269 g/mol. The van der Waals surface area contributed by atoms with Crippen molar-refractivity contribution in [1.82, 2.24) is 0 Å². The number of aliphatic hydroxyl groups is 1. The molecule has 0 amide bonds. The molecule has 1 saturated carbocycles. The van der Waals surface area contributed by atoms with Crippen LogP contribution in [0.1, 0.15) is 37.9 Å². The Labute approximate surface area is 117 Å². The fourth-order valence-corrected chi connectivity index (χ4v) is 3.34. The molecule has 18 heavy (non-hydrogen) atoms. The maximum Gasteiger partial charge on any atom is 0.0977 e. The molecule has 2 nitrogen and oxygen atoms in total. The average Bonchev–Trinajstić information content (AvgIpc) is 2.70. The Morgan fingerprint density at radius 1 is 1.39 bits per heavy atom. The lowest BCUT2D eigenvalue weighted by Gasteiger charge is -2.27. The predicted octanol–water partition coefficient (Wildman–Crippen LogP) is 4.36. The van der Waals surface area contributed by atoms with Crippen molar-refractivity contribution in [2.75, 3.05) is 0 Å². The van der Waals surface area contributed by atoms with E-state index in [0.717, 1.165) is 19.3 Å². The minimum Gasteiger partial charge on any atom is -0.387 e. The highest BCUT2D eigenvalue weighted by Gasteiger charge is 2.44. The molecule has 4 heteroatoms. The van der Waals surface area contributed by atoms with Gasteiger partial charge in [-0.1, -0.05) is 30.1 Å². The van der Waals surface area contributed by atoms with Crippen LogP contribution in [-0.2, 0) is 0 Å². The quantitative estimate of drug-likeness (QED) is 0.877. The van der Waals surface area contributed by atoms with E-state index in [2.05, 4.69) is 13.0 Å². The van der Waals surface area contributed by atoms with Crippen molar-refractivity contribution in [3.63, 3.8) is 0 Å². The first-order valence-corrected chi connectivity index (χ1v) is 6.78. The Kier molecular flexibility index (Phi) is 3.87. The molecule has 1 fully saturated rings. The van der Waals surface area contributed by atoms with E-state index in [1.165, 1.54) is 0 Å². The molecule has 0 bridgehead atoms. The monoisotopic (exact) mass is 283 g/mol. The van der Waals surface area contributed by atoms with E-state index in [-0.39, 0.29) is 0 Å². The topological polar surface area (TPSA) is 44.0 Å². The van der Waals surface area contributed by atoms with Gasteiger partial charge in [-0.15, -0.1) is 0 Å². The molecular formula is C14H15Cl2NO. The lowest BCUT2D eigenvalue weighted by atomic mass is 9.78. The molecule has 0 spiro atoms. The van der Waals surface area contributed by atoms with Crippen molar-refractivity contribution in [2.24, 2.45) is 11.3 Å². The molecule has 1 aliphatic rings. The molecule has 0 aromatic heterocycles. The number of nitrogens with zero attached hydrogens (tertiary/aromatic N) is 1. The Balaban J connectivity index is 2.35. The zero-order chi connectivity index (χ0) is 13.3. The number of halogens is 2. The normalized spacial score (nSPS) is 28.9. The fraction of sp³-hybridized carbons (Fsp3) is 0.500. The number of nitriles is 1. The van der Waals surface area contributed by atoms with Crippen molar-refractivity contribution in [1.29, 1.82) is 5.26 Å². The third kappa shape index (κ3) is 2.49. The van der Waals surface area contributed by atoms with E-state index < -0.39 is 11.5 Å². The average molecular weight is 284 g/mol.